The molecule has 36 heavy (non-hydrogen) atoms. The van der Waals surface area contributed by atoms with E-state index in [1.165, 1.54) is 88.2 Å². The summed E-state index contributed by atoms with van der Waals surface area (Å²) in [5.74, 6) is 3.23. The Morgan fingerprint density at radius 3 is 1.19 bits per heavy atom. The Hall–Kier alpha value is -2.22. The fourth-order valence-electron chi connectivity index (χ4n) is 6.78. The number of carbonyl (C=O) groups excluding carboxylic acids is 2. The van der Waals surface area contributed by atoms with Crippen LogP contribution in [0.25, 0.3) is 0 Å². The summed E-state index contributed by atoms with van der Waals surface area (Å²) in [6.45, 7) is 4.57. The monoisotopic (exact) mass is 486 g/mol. The highest BCUT2D eigenvalue weighted by Crippen LogP contribution is 2.38. The van der Waals surface area contributed by atoms with Crippen molar-refractivity contribution >= 4 is 11.6 Å². The number of Topliss-reactive ketones (excluding diaryl/α,β-unsaturated/α-hetero) is 2. The van der Waals surface area contributed by atoms with E-state index >= 15 is 0 Å². The maximum atomic E-state index is 12.8. The fourth-order valence-corrected chi connectivity index (χ4v) is 6.78. The van der Waals surface area contributed by atoms with Gasteiger partial charge in [-0.25, -0.2) is 0 Å². The number of ketones is 2. The number of benzene rings is 2. The smallest absolute Gasteiger partial charge is 0.163 e. The Labute approximate surface area is 219 Å². The maximum absolute atomic E-state index is 12.8. The van der Waals surface area contributed by atoms with Crippen molar-refractivity contribution in [3.63, 3.8) is 0 Å². The minimum atomic E-state index is 0.0713. The van der Waals surface area contributed by atoms with Gasteiger partial charge < -0.3 is 0 Å². The summed E-state index contributed by atoms with van der Waals surface area (Å²) < 4.78 is 0. The van der Waals surface area contributed by atoms with Gasteiger partial charge in [0.25, 0.3) is 0 Å². The standard InChI is InChI=1S/C34H46O2/c1-3-5-25-7-11-27(12-8-25)29-15-19-31(20-16-29)33(35)23-24-34(36)32-21-17-30(18-22-32)28-13-9-26(6-4-2)10-14-28/h15-22,25-28H,3-14,23-24H2,1-2H3. The zero-order valence-electron chi connectivity index (χ0n) is 22.6. The van der Waals surface area contributed by atoms with E-state index in [1.54, 1.807) is 0 Å². The third kappa shape index (κ3) is 7.17. The van der Waals surface area contributed by atoms with Gasteiger partial charge in [0.15, 0.2) is 11.6 Å². The Morgan fingerprint density at radius 2 is 0.889 bits per heavy atom. The summed E-state index contributed by atoms with van der Waals surface area (Å²) in [5.41, 5.74) is 4.22. The minimum Gasteiger partial charge on any atom is -0.294 e. The van der Waals surface area contributed by atoms with Crippen molar-refractivity contribution in [3.05, 3.63) is 70.8 Å². The zero-order valence-corrected chi connectivity index (χ0v) is 22.6. The molecule has 2 nitrogen and oxygen atoms in total. The SMILES string of the molecule is CCCC1CCC(c2ccc(C(=O)CCC(=O)c3ccc(C4CCC(CCC)CC4)cc3)cc2)CC1. The first-order valence-corrected chi connectivity index (χ1v) is 14.8. The van der Waals surface area contributed by atoms with Gasteiger partial charge in [-0.2, -0.15) is 0 Å². The van der Waals surface area contributed by atoms with Gasteiger partial charge in [0.1, 0.15) is 0 Å². The molecule has 2 heteroatoms. The molecule has 0 N–H and O–H groups in total. The predicted octanol–water partition coefficient (Wildman–Crippen LogP) is 9.68. The summed E-state index contributed by atoms with van der Waals surface area (Å²) >= 11 is 0. The molecule has 2 aromatic carbocycles. The zero-order chi connectivity index (χ0) is 25.3. The lowest BCUT2D eigenvalue weighted by Gasteiger charge is -2.28. The highest BCUT2D eigenvalue weighted by atomic mass is 16.1. The molecule has 2 aliphatic carbocycles. The molecule has 0 heterocycles. The van der Waals surface area contributed by atoms with E-state index in [9.17, 15) is 9.59 Å². The number of carbonyl (C=O) groups is 2. The van der Waals surface area contributed by atoms with Gasteiger partial charge in [-0.1, -0.05) is 88.1 Å². The normalized spacial score (nSPS) is 24.4. The van der Waals surface area contributed by atoms with Crippen molar-refractivity contribution < 1.29 is 9.59 Å². The molecule has 0 amide bonds. The Morgan fingerprint density at radius 1 is 0.556 bits per heavy atom. The molecule has 0 bridgehead atoms. The number of hydrogen-bond acceptors (Lipinski definition) is 2. The molecule has 0 radical (unpaired) electrons. The molecular weight excluding hydrogens is 440 g/mol. The third-order valence-electron chi connectivity index (χ3n) is 9.07. The van der Waals surface area contributed by atoms with E-state index in [2.05, 4.69) is 38.1 Å². The van der Waals surface area contributed by atoms with Crippen molar-refractivity contribution in [3.8, 4) is 0 Å². The molecule has 2 aliphatic rings. The van der Waals surface area contributed by atoms with Crippen LogP contribution in [0.15, 0.2) is 48.5 Å². The second-order valence-electron chi connectivity index (χ2n) is 11.6. The molecule has 0 atom stereocenters. The van der Waals surface area contributed by atoms with Crippen LogP contribution in [-0.4, -0.2) is 11.6 Å². The molecule has 2 fully saturated rings. The summed E-state index contributed by atoms with van der Waals surface area (Å²) in [7, 11) is 0. The predicted molar refractivity (Wildman–Crippen MR) is 150 cm³/mol. The van der Waals surface area contributed by atoms with Crippen LogP contribution in [0, 0.1) is 11.8 Å². The van der Waals surface area contributed by atoms with Crippen LogP contribution in [0.5, 0.6) is 0 Å². The first-order chi connectivity index (χ1) is 17.6. The van der Waals surface area contributed by atoms with Crippen LogP contribution < -0.4 is 0 Å². The summed E-state index contributed by atoms with van der Waals surface area (Å²) in [6.07, 6.45) is 16.3. The highest BCUT2D eigenvalue weighted by Gasteiger charge is 2.23. The first kappa shape index (κ1) is 26.8. The van der Waals surface area contributed by atoms with E-state index in [0.29, 0.717) is 11.8 Å². The molecule has 0 aromatic heterocycles. The van der Waals surface area contributed by atoms with Crippen LogP contribution in [0.4, 0.5) is 0 Å². The average molecular weight is 487 g/mol. The van der Waals surface area contributed by atoms with Gasteiger partial charge in [0.05, 0.1) is 0 Å². The fraction of sp³-hybridized carbons (Fsp3) is 0.588. The molecule has 194 valence electrons. The Kier molecular flexibility index (Phi) is 9.96. The topological polar surface area (TPSA) is 34.1 Å². The molecule has 0 saturated heterocycles. The molecule has 0 spiro atoms. The Bertz CT molecular complexity index is 874. The maximum Gasteiger partial charge on any atom is 0.163 e. The molecule has 2 aromatic rings. The largest absolute Gasteiger partial charge is 0.294 e. The number of rotatable bonds is 11. The van der Waals surface area contributed by atoms with Crippen LogP contribution in [0.2, 0.25) is 0 Å². The lowest BCUT2D eigenvalue weighted by atomic mass is 9.77. The minimum absolute atomic E-state index is 0.0713. The second kappa shape index (κ2) is 13.4. The van der Waals surface area contributed by atoms with Crippen LogP contribution >= 0.6 is 0 Å². The summed E-state index contributed by atoms with van der Waals surface area (Å²) in [6, 6.07) is 16.5. The van der Waals surface area contributed by atoms with Gasteiger partial charge in [-0.05, 0) is 86.2 Å². The van der Waals surface area contributed by atoms with E-state index in [0.717, 1.165) is 23.0 Å². The second-order valence-corrected chi connectivity index (χ2v) is 11.6. The van der Waals surface area contributed by atoms with Crippen LogP contribution in [-0.2, 0) is 0 Å². The van der Waals surface area contributed by atoms with Crippen LogP contribution in [0.1, 0.15) is 147 Å². The quantitative estimate of drug-likeness (QED) is 0.296. The molecular formula is C34H46O2. The van der Waals surface area contributed by atoms with Crippen molar-refractivity contribution in [2.75, 3.05) is 0 Å². The Balaban J connectivity index is 1.23. The molecule has 0 aliphatic heterocycles. The average Bonchev–Trinajstić information content (AvgIpc) is 2.93. The molecule has 0 unspecified atom stereocenters. The molecule has 2 saturated carbocycles. The van der Waals surface area contributed by atoms with Gasteiger partial charge in [0.2, 0.25) is 0 Å². The lowest BCUT2D eigenvalue weighted by Crippen LogP contribution is -2.13. The molecule has 4 rings (SSSR count). The van der Waals surface area contributed by atoms with E-state index in [-0.39, 0.29) is 24.4 Å². The first-order valence-electron chi connectivity index (χ1n) is 14.8. The van der Waals surface area contributed by atoms with Crippen molar-refractivity contribution in [2.45, 2.75) is 116 Å². The van der Waals surface area contributed by atoms with Gasteiger partial charge in [-0.3, -0.25) is 9.59 Å². The number of hydrogen-bond donors (Lipinski definition) is 0. The van der Waals surface area contributed by atoms with Crippen molar-refractivity contribution in [1.82, 2.24) is 0 Å². The van der Waals surface area contributed by atoms with Gasteiger partial charge >= 0.3 is 0 Å². The van der Waals surface area contributed by atoms with Crippen molar-refractivity contribution in [1.29, 1.82) is 0 Å². The van der Waals surface area contributed by atoms with E-state index < -0.39 is 0 Å². The highest BCUT2D eigenvalue weighted by molar-refractivity contribution is 6.02. The van der Waals surface area contributed by atoms with Crippen LogP contribution in [0.3, 0.4) is 0 Å². The summed E-state index contributed by atoms with van der Waals surface area (Å²) in [4.78, 5) is 25.5. The summed E-state index contributed by atoms with van der Waals surface area (Å²) in [5, 5.41) is 0. The van der Waals surface area contributed by atoms with E-state index in [1.807, 2.05) is 24.3 Å². The van der Waals surface area contributed by atoms with E-state index in [4.69, 9.17) is 0 Å². The van der Waals surface area contributed by atoms with Gasteiger partial charge in [0, 0.05) is 24.0 Å². The van der Waals surface area contributed by atoms with Crippen molar-refractivity contribution in [2.24, 2.45) is 11.8 Å². The lowest BCUT2D eigenvalue weighted by molar-refractivity contribution is 0.0917. The third-order valence-corrected chi connectivity index (χ3v) is 9.07. The van der Waals surface area contributed by atoms with Gasteiger partial charge in [-0.15, -0.1) is 0 Å².